The van der Waals surface area contributed by atoms with Gasteiger partial charge in [-0.3, -0.25) is 10.1 Å². The van der Waals surface area contributed by atoms with E-state index >= 15 is 0 Å². The van der Waals surface area contributed by atoms with E-state index in [1.165, 1.54) is 22.3 Å². The zero-order chi connectivity index (χ0) is 14.3. The molecule has 3 N–H and O–H groups in total. The number of nitrogens with one attached hydrogen (secondary N) is 1. The summed E-state index contributed by atoms with van der Waals surface area (Å²) in [6.45, 7) is 3.64. The molecule has 0 radical (unpaired) electrons. The predicted molar refractivity (Wildman–Crippen MR) is 80.1 cm³/mol. The molecule has 3 rings (SSSR count). The van der Waals surface area contributed by atoms with E-state index in [0.29, 0.717) is 0 Å². The predicted octanol–water partition coefficient (Wildman–Crippen LogP) is 2.61. The summed E-state index contributed by atoms with van der Waals surface area (Å²) < 4.78 is 0. The number of rotatable bonds is 3. The van der Waals surface area contributed by atoms with Gasteiger partial charge < -0.3 is 5.73 Å². The topological polar surface area (TPSA) is 55.1 Å². The smallest absolute Gasteiger partial charge is 0.237 e. The molecule has 0 bridgehead atoms. The number of nitrogens with two attached hydrogens (primary N) is 1. The zero-order valence-corrected chi connectivity index (χ0v) is 11.7. The van der Waals surface area contributed by atoms with Crippen molar-refractivity contribution < 1.29 is 4.79 Å². The monoisotopic (exact) mass is 266 g/mol. The highest BCUT2D eigenvalue weighted by Crippen LogP contribution is 2.43. The highest BCUT2D eigenvalue weighted by Gasteiger charge is 2.34. The Kier molecular flexibility index (Phi) is 2.87. The number of hydrogen-bond acceptors (Lipinski definition) is 2. The summed E-state index contributed by atoms with van der Waals surface area (Å²) in [6.07, 6.45) is 0. The molecule has 0 aliphatic heterocycles. The molecule has 1 aliphatic carbocycles. The van der Waals surface area contributed by atoms with Crippen molar-refractivity contribution in [2.75, 3.05) is 0 Å². The number of fused-ring (bicyclic) bond motifs is 3. The van der Waals surface area contributed by atoms with Gasteiger partial charge in [-0.1, -0.05) is 48.5 Å². The Morgan fingerprint density at radius 1 is 1.00 bits per heavy atom. The molecule has 102 valence electrons. The van der Waals surface area contributed by atoms with Gasteiger partial charge in [-0.05, 0) is 36.1 Å². The lowest BCUT2D eigenvalue weighted by Gasteiger charge is -2.28. The molecule has 1 aliphatic rings. The standard InChI is InChI=1S/C17H18N2O/c1-17(2,16(18)20)19-15-13-9-5-3-7-11(13)12-8-4-6-10-14(12)15/h3-10,15,19H,1-2H3,(H2,18,20). The molecule has 0 heterocycles. The molecule has 2 aromatic rings. The van der Waals surface area contributed by atoms with E-state index in [2.05, 4.69) is 29.6 Å². The third-order valence-corrected chi connectivity index (χ3v) is 3.95. The van der Waals surface area contributed by atoms with Crippen molar-refractivity contribution in [3.8, 4) is 11.1 Å². The Labute approximate surface area is 118 Å². The second-order valence-electron chi connectivity index (χ2n) is 5.74. The average molecular weight is 266 g/mol. The van der Waals surface area contributed by atoms with Crippen LogP contribution >= 0.6 is 0 Å². The number of benzene rings is 2. The number of primary amides is 1. The van der Waals surface area contributed by atoms with Crippen LogP contribution < -0.4 is 11.1 Å². The van der Waals surface area contributed by atoms with Crippen LogP contribution in [0.3, 0.4) is 0 Å². The first kappa shape index (κ1) is 12.9. The van der Waals surface area contributed by atoms with Crippen LogP contribution in [0.4, 0.5) is 0 Å². The van der Waals surface area contributed by atoms with Crippen LogP contribution in [0.5, 0.6) is 0 Å². The first-order valence-electron chi connectivity index (χ1n) is 6.76. The van der Waals surface area contributed by atoms with Gasteiger partial charge in [-0.2, -0.15) is 0 Å². The fraction of sp³-hybridized carbons (Fsp3) is 0.235. The van der Waals surface area contributed by atoms with Crippen LogP contribution in [-0.4, -0.2) is 11.4 Å². The van der Waals surface area contributed by atoms with Gasteiger partial charge in [-0.25, -0.2) is 0 Å². The van der Waals surface area contributed by atoms with Gasteiger partial charge in [0.25, 0.3) is 0 Å². The average Bonchev–Trinajstić information content (AvgIpc) is 2.74. The van der Waals surface area contributed by atoms with E-state index in [1.807, 2.05) is 38.1 Å². The lowest BCUT2D eigenvalue weighted by molar-refractivity contribution is -0.123. The Hall–Kier alpha value is -2.13. The number of amides is 1. The summed E-state index contributed by atoms with van der Waals surface area (Å²) in [7, 11) is 0. The summed E-state index contributed by atoms with van der Waals surface area (Å²) in [6, 6.07) is 16.6. The Morgan fingerprint density at radius 3 is 1.90 bits per heavy atom. The highest BCUT2D eigenvalue weighted by molar-refractivity contribution is 5.84. The molecule has 0 fully saturated rings. The summed E-state index contributed by atoms with van der Waals surface area (Å²) >= 11 is 0. The molecule has 3 nitrogen and oxygen atoms in total. The Morgan fingerprint density at radius 2 is 1.45 bits per heavy atom. The molecular weight excluding hydrogens is 248 g/mol. The molecule has 0 spiro atoms. The van der Waals surface area contributed by atoms with Crippen molar-refractivity contribution in [1.29, 1.82) is 0 Å². The summed E-state index contributed by atoms with van der Waals surface area (Å²) in [5.41, 5.74) is 9.57. The lowest BCUT2D eigenvalue weighted by atomic mass is 9.98. The van der Waals surface area contributed by atoms with Crippen molar-refractivity contribution in [3.05, 3.63) is 59.7 Å². The van der Waals surface area contributed by atoms with E-state index in [0.717, 1.165) is 0 Å². The van der Waals surface area contributed by atoms with Crippen LogP contribution in [0, 0.1) is 0 Å². The van der Waals surface area contributed by atoms with Gasteiger partial charge in [0.2, 0.25) is 5.91 Å². The van der Waals surface area contributed by atoms with Crippen LogP contribution in [0.1, 0.15) is 31.0 Å². The molecule has 1 amide bonds. The number of hydrogen-bond donors (Lipinski definition) is 2. The second-order valence-corrected chi connectivity index (χ2v) is 5.74. The number of carbonyl (C=O) groups is 1. The minimum Gasteiger partial charge on any atom is -0.368 e. The van der Waals surface area contributed by atoms with E-state index in [-0.39, 0.29) is 11.9 Å². The zero-order valence-electron chi connectivity index (χ0n) is 11.7. The maximum absolute atomic E-state index is 11.6. The van der Waals surface area contributed by atoms with Gasteiger partial charge in [0.1, 0.15) is 0 Å². The van der Waals surface area contributed by atoms with Crippen LogP contribution in [0.15, 0.2) is 48.5 Å². The van der Waals surface area contributed by atoms with Crippen molar-refractivity contribution >= 4 is 5.91 Å². The van der Waals surface area contributed by atoms with E-state index in [4.69, 9.17) is 5.73 Å². The van der Waals surface area contributed by atoms with Gasteiger partial charge in [0, 0.05) is 0 Å². The largest absolute Gasteiger partial charge is 0.368 e. The normalized spacial score (nSPS) is 13.9. The maximum Gasteiger partial charge on any atom is 0.237 e. The molecule has 0 aromatic heterocycles. The fourth-order valence-corrected chi connectivity index (χ4v) is 2.74. The SMILES string of the molecule is CC(C)(NC1c2ccccc2-c2ccccc21)C(N)=O. The van der Waals surface area contributed by atoms with Gasteiger partial charge in [0.15, 0.2) is 0 Å². The highest BCUT2D eigenvalue weighted by atomic mass is 16.1. The minimum absolute atomic E-state index is 0.00454. The van der Waals surface area contributed by atoms with E-state index in [9.17, 15) is 4.79 Å². The second kappa shape index (κ2) is 4.46. The molecule has 2 aromatic carbocycles. The summed E-state index contributed by atoms with van der Waals surface area (Å²) in [5.74, 6) is -0.348. The van der Waals surface area contributed by atoms with E-state index in [1.54, 1.807) is 0 Å². The van der Waals surface area contributed by atoms with Crippen molar-refractivity contribution in [2.24, 2.45) is 5.73 Å². The first-order chi connectivity index (χ1) is 9.50. The van der Waals surface area contributed by atoms with Crippen molar-refractivity contribution in [1.82, 2.24) is 5.32 Å². The molecule has 3 heteroatoms. The molecule has 0 saturated carbocycles. The molecule has 0 saturated heterocycles. The quantitative estimate of drug-likeness (QED) is 0.897. The lowest BCUT2D eigenvalue weighted by Crippen LogP contribution is -2.51. The Bertz CT molecular complexity index is 631. The van der Waals surface area contributed by atoms with E-state index < -0.39 is 5.54 Å². The Balaban J connectivity index is 2.10. The van der Waals surface area contributed by atoms with Crippen LogP contribution in [0.25, 0.3) is 11.1 Å². The summed E-state index contributed by atoms with van der Waals surface area (Å²) in [4.78, 5) is 11.6. The van der Waals surface area contributed by atoms with Gasteiger partial charge in [0.05, 0.1) is 11.6 Å². The van der Waals surface area contributed by atoms with Crippen molar-refractivity contribution in [2.45, 2.75) is 25.4 Å². The first-order valence-corrected chi connectivity index (χ1v) is 6.76. The third kappa shape index (κ3) is 1.91. The molecule has 20 heavy (non-hydrogen) atoms. The number of carbonyl (C=O) groups excluding carboxylic acids is 1. The molecular formula is C17H18N2O. The molecule has 0 atom stereocenters. The van der Waals surface area contributed by atoms with Crippen LogP contribution in [0.2, 0.25) is 0 Å². The van der Waals surface area contributed by atoms with Crippen molar-refractivity contribution in [3.63, 3.8) is 0 Å². The summed E-state index contributed by atoms with van der Waals surface area (Å²) in [5, 5.41) is 3.39. The third-order valence-electron chi connectivity index (χ3n) is 3.95. The maximum atomic E-state index is 11.6. The molecule has 0 unspecified atom stereocenters. The van der Waals surface area contributed by atoms with Gasteiger partial charge in [-0.15, -0.1) is 0 Å². The van der Waals surface area contributed by atoms with Crippen LogP contribution in [-0.2, 0) is 4.79 Å². The van der Waals surface area contributed by atoms with Gasteiger partial charge >= 0.3 is 0 Å². The minimum atomic E-state index is -0.755. The fourth-order valence-electron chi connectivity index (χ4n) is 2.74.